The van der Waals surface area contributed by atoms with E-state index in [2.05, 4.69) is 0 Å². The van der Waals surface area contributed by atoms with Crippen LogP contribution in [-0.2, 0) is 4.74 Å². The van der Waals surface area contributed by atoms with Crippen molar-refractivity contribution in [2.45, 2.75) is 30.7 Å². The van der Waals surface area contributed by atoms with Crippen molar-refractivity contribution in [2.75, 3.05) is 20.8 Å². The lowest BCUT2D eigenvalue weighted by Crippen LogP contribution is -2.60. The Morgan fingerprint density at radius 1 is 0.889 bits per heavy atom. The van der Waals surface area contributed by atoms with Crippen molar-refractivity contribution in [3.05, 3.63) is 34.5 Å². The molecule has 1 saturated heterocycles. The van der Waals surface area contributed by atoms with Gasteiger partial charge in [-0.25, -0.2) is 0 Å². The fraction of sp³-hybridized carbons (Fsp3) is 0.348. The molecule has 5 atom stereocenters. The lowest BCUT2D eigenvalue weighted by molar-refractivity contribution is -0.277. The van der Waals surface area contributed by atoms with Gasteiger partial charge in [0.2, 0.25) is 17.8 Å². The Bertz CT molecular complexity index is 1310. The third kappa shape index (κ3) is 4.23. The van der Waals surface area contributed by atoms with Gasteiger partial charge in [-0.3, -0.25) is 4.79 Å². The zero-order valence-electron chi connectivity index (χ0n) is 19.0. The number of hydrogen-bond donors (Lipinski definition) is 7. The van der Waals surface area contributed by atoms with Gasteiger partial charge in [-0.2, -0.15) is 0 Å². The first-order valence-electron chi connectivity index (χ1n) is 10.6. The molecule has 2 heterocycles. The summed E-state index contributed by atoms with van der Waals surface area (Å²) in [5.41, 5.74) is -0.978. The zero-order valence-corrected chi connectivity index (χ0v) is 19.0. The van der Waals surface area contributed by atoms with Crippen LogP contribution in [0.2, 0.25) is 0 Å². The first kappa shape index (κ1) is 25.3. The summed E-state index contributed by atoms with van der Waals surface area (Å²) in [6, 6.07) is 4.55. The number of fused-ring (bicyclic) bond motifs is 1. The van der Waals surface area contributed by atoms with Crippen molar-refractivity contribution in [3.63, 3.8) is 0 Å². The summed E-state index contributed by atoms with van der Waals surface area (Å²) in [6.45, 7) is -0.725. The van der Waals surface area contributed by atoms with Gasteiger partial charge >= 0.3 is 0 Å². The highest BCUT2D eigenvalue weighted by molar-refractivity contribution is 5.91. The fourth-order valence-corrected chi connectivity index (χ4v) is 3.85. The molecule has 0 saturated carbocycles. The summed E-state index contributed by atoms with van der Waals surface area (Å²) in [5, 5.41) is 70.3. The highest BCUT2D eigenvalue weighted by Gasteiger charge is 2.45. The van der Waals surface area contributed by atoms with Crippen LogP contribution in [0.3, 0.4) is 0 Å². The van der Waals surface area contributed by atoms with Crippen LogP contribution >= 0.6 is 0 Å². The highest BCUT2D eigenvalue weighted by Crippen LogP contribution is 2.44. The SMILES string of the molecule is COc1cc(-c2cc(=O)c3c(O)cc(O)c(O[C@@H]4O[C@H](CO)[C@@H](O)[C@H](O)[C@H]4O)c3o2)cc(OC)c1O. The molecule has 3 aromatic rings. The third-order valence-corrected chi connectivity index (χ3v) is 5.76. The molecule has 1 fully saturated rings. The maximum atomic E-state index is 12.9. The van der Waals surface area contributed by atoms with Gasteiger partial charge in [0.05, 0.1) is 20.8 Å². The number of aliphatic hydroxyl groups excluding tert-OH is 4. The van der Waals surface area contributed by atoms with Crippen molar-refractivity contribution < 1.29 is 59.1 Å². The minimum Gasteiger partial charge on any atom is -0.507 e. The van der Waals surface area contributed by atoms with Gasteiger partial charge in [-0.15, -0.1) is 0 Å². The number of methoxy groups -OCH3 is 2. The number of aliphatic hydroxyl groups is 4. The molecule has 0 aliphatic carbocycles. The number of ether oxygens (including phenoxy) is 4. The first-order chi connectivity index (χ1) is 17.1. The van der Waals surface area contributed by atoms with Crippen LogP contribution in [0.1, 0.15) is 0 Å². The maximum absolute atomic E-state index is 12.9. The molecule has 13 heteroatoms. The van der Waals surface area contributed by atoms with Crippen LogP contribution in [0.4, 0.5) is 0 Å². The van der Waals surface area contributed by atoms with Gasteiger partial charge in [0.1, 0.15) is 41.3 Å². The van der Waals surface area contributed by atoms with Gasteiger partial charge in [0.15, 0.2) is 28.3 Å². The Hall–Kier alpha value is -3.75. The van der Waals surface area contributed by atoms with Crippen LogP contribution in [0, 0.1) is 0 Å². The monoisotopic (exact) mass is 508 g/mol. The van der Waals surface area contributed by atoms with E-state index in [1.165, 1.54) is 26.4 Å². The highest BCUT2D eigenvalue weighted by atomic mass is 16.7. The van der Waals surface area contributed by atoms with E-state index in [4.69, 9.17) is 23.4 Å². The van der Waals surface area contributed by atoms with E-state index in [0.29, 0.717) is 0 Å². The van der Waals surface area contributed by atoms with E-state index in [0.717, 1.165) is 12.1 Å². The smallest absolute Gasteiger partial charge is 0.229 e. The third-order valence-electron chi connectivity index (χ3n) is 5.76. The van der Waals surface area contributed by atoms with E-state index in [1.54, 1.807) is 0 Å². The Morgan fingerprint density at radius 2 is 1.53 bits per heavy atom. The summed E-state index contributed by atoms with van der Waals surface area (Å²) < 4.78 is 26.9. The van der Waals surface area contributed by atoms with Crippen LogP contribution in [0.5, 0.6) is 34.5 Å². The predicted molar refractivity (Wildman–Crippen MR) is 120 cm³/mol. The first-order valence-corrected chi connectivity index (χ1v) is 10.6. The van der Waals surface area contributed by atoms with E-state index in [1.807, 2.05) is 0 Å². The summed E-state index contributed by atoms with van der Waals surface area (Å²) in [7, 11) is 2.61. The Kier molecular flexibility index (Phi) is 6.84. The molecule has 4 rings (SSSR count). The molecular weight excluding hydrogens is 484 g/mol. The predicted octanol–water partition coefficient (Wildman–Crippen LogP) is -0.227. The van der Waals surface area contributed by atoms with Gasteiger partial charge in [0, 0.05) is 17.7 Å². The zero-order chi connectivity index (χ0) is 26.3. The molecule has 0 unspecified atom stereocenters. The summed E-state index contributed by atoms with van der Waals surface area (Å²) in [4.78, 5) is 12.9. The lowest BCUT2D eigenvalue weighted by Gasteiger charge is -2.39. The van der Waals surface area contributed by atoms with Gasteiger partial charge in [-0.1, -0.05) is 0 Å². The molecular formula is C23H24O13. The Morgan fingerprint density at radius 3 is 2.11 bits per heavy atom. The van der Waals surface area contributed by atoms with Crippen molar-refractivity contribution >= 4 is 11.0 Å². The van der Waals surface area contributed by atoms with E-state index in [9.17, 15) is 40.5 Å². The minimum absolute atomic E-state index is 0.00337. The summed E-state index contributed by atoms with van der Waals surface area (Å²) in [6.07, 6.45) is -8.28. The molecule has 13 nitrogen and oxygen atoms in total. The molecule has 0 bridgehead atoms. The molecule has 0 spiro atoms. The molecule has 1 aromatic heterocycles. The molecule has 1 aliphatic heterocycles. The van der Waals surface area contributed by atoms with Crippen LogP contribution in [0.15, 0.2) is 33.5 Å². The average molecular weight is 508 g/mol. The minimum atomic E-state index is -1.83. The van der Waals surface area contributed by atoms with Crippen LogP contribution < -0.4 is 19.6 Å². The van der Waals surface area contributed by atoms with Crippen molar-refractivity contribution in [2.24, 2.45) is 0 Å². The van der Waals surface area contributed by atoms with Crippen molar-refractivity contribution in [1.29, 1.82) is 0 Å². The second-order valence-corrected chi connectivity index (χ2v) is 7.97. The number of hydrogen-bond acceptors (Lipinski definition) is 13. The molecule has 2 aromatic carbocycles. The van der Waals surface area contributed by atoms with Crippen LogP contribution in [-0.4, -0.2) is 87.3 Å². The molecule has 0 radical (unpaired) electrons. The van der Waals surface area contributed by atoms with Crippen molar-refractivity contribution in [1.82, 2.24) is 0 Å². The molecule has 0 amide bonds. The number of phenolic OH excluding ortho intramolecular Hbond substituents is 3. The Labute approximate surface area is 202 Å². The van der Waals surface area contributed by atoms with Gasteiger partial charge < -0.3 is 59.1 Å². The summed E-state index contributed by atoms with van der Waals surface area (Å²) in [5.74, 6) is -2.28. The second-order valence-electron chi connectivity index (χ2n) is 7.97. The standard InChI is InChI=1S/C23H24O13/c1-32-13-3-8(4-14(33-2)17(13)28)12-6-10(26)16-9(25)5-11(27)21(22(16)34-12)36-23-20(31)19(30)18(29)15(7-24)35-23/h3-6,15,18-20,23-25,27-31H,7H2,1-2H3/t15-,18-,19+,20-,23+/m1/s1. The number of benzene rings is 2. The maximum Gasteiger partial charge on any atom is 0.229 e. The number of phenols is 3. The van der Waals surface area contributed by atoms with Crippen LogP contribution in [0.25, 0.3) is 22.3 Å². The van der Waals surface area contributed by atoms with E-state index < -0.39 is 65.6 Å². The second kappa shape index (κ2) is 9.72. The normalized spacial score (nSPS) is 24.0. The van der Waals surface area contributed by atoms with Gasteiger partial charge in [-0.05, 0) is 12.1 Å². The average Bonchev–Trinajstić information content (AvgIpc) is 2.85. The number of rotatable bonds is 6. The van der Waals surface area contributed by atoms with Crippen molar-refractivity contribution in [3.8, 4) is 45.8 Å². The Balaban J connectivity index is 1.88. The number of aromatic hydroxyl groups is 3. The fourth-order valence-electron chi connectivity index (χ4n) is 3.85. The molecule has 7 N–H and O–H groups in total. The lowest BCUT2D eigenvalue weighted by atomic mass is 9.99. The molecule has 194 valence electrons. The quantitative estimate of drug-likeness (QED) is 0.230. The largest absolute Gasteiger partial charge is 0.507 e. The molecule has 36 heavy (non-hydrogen) atoms. The topological polar surface area (TPSA) is 209 Å². The summed E-state index contributed by atoms with van der Waals surface area (Å²) >= 11 is 0. The van der Waals surface area contributed by atoms with Gasteiger partial charge in [0.25, 0.3) is 0 Å². The van der Waals surface area contributed by atoms with E-state index in [-0.39, 0.29) is 34.0 Å². The molecule has 1 aliphatic rings. The van der Waals surface area contributed by atoms with E-state index >= 15 is 0 Å².